The van der Waals surface area contributed by atoms with Gasteiger partial charge in [-0.1, -0.05) is 17.7 Å². The molecule has 0 bridgehead atoms. The van der Waals surface area contributed by atoms with Crippen molar-refractivity contribution in [2.24, 2.45) is 0 Å². The van der Waals surface area contributed by atoms with Crippen molar-refractivity contribution in [3.63, 3.8) is 0 Å². The lowest BCUT2D eigenvalue weighted by Gasteiger charge is -2.26. The van der Waals surface area contributed by atoms with E-state index in [2.05, 4.69) is 20.9 Å². The minimum Gasteiger partial charge on any atom is -0.388 e. The van der Waals surface area contributed by atoms with E-state index in [1.807, 2.05) is 19.1 Å². The molecule has 4 unspecified atom stereocenters. The molecule has 10 nitrogen and oxygen atoms in total. The smallest absolute Gasteiger partial charge is 0.319 e. The maximum atomic E-state index is 12.2. The van der Waals surface area contributed by atoms with Crippen LogP contribution >= 0.6 is 0 Å². The normalized spacial score (nSPS) is 26.4. The van der Waals surface area contributed by atoms with Gasteiger partial charge in [-0.05, 0) is 19.1 Å². The van der Waals surface area contributed by atoms with E-state index in [1.165, 1.54) is 0 Å². The van der Waals surface area contributed by atoms with E-state index in [-0.39, 0.29) is 18.9 Å². The Morgan fingerprint density at radius 3 is 2.45 bits per heavy atom. The molecule has 0 spiro atoms. The number of hydrogen-bond acceptors (Lipinski definition) is 7. The Morgan fingerprint density at radius 1 is 1.06 bits per heavy atom. The van der Waals surface area contributed by atoms with Gasteiger partial charge in [0.25, 0.3) is 0 Å². The number of aliphatic hydroxyl groups excluding tert-OH is 2. The number of amides is 3. The fraction of sp³-hybridized carbons (Fsp3) is 0.619. The molecule has 31 heavy (non-hydrogen) atoms. The van der Waals surface area contributed by atoms with Gasteiger partial charge in [0.2, 0.25) is 5.91 Å². The fourth-order valence-electron chi connectivity index (χ4n) is 3.60. The molecule has 2 aliphatic heterocycles. The van der Waals surface area contributed by atoms with Crippen LogP contribution in [0.4, 0.5) is 10.5 Å². The predicted octanol–water partition coefficient (Wildman–Crippen LogP) is -0.556. The van der Waals surface area contributed by atoms with Crippen molar-refractivity contribution in [1.29, 1.82) is 0 Å². The summed E-state index contributed by atoms with van der Waals surface area (Å²) >= 11 is 0. The van der Waals surface area contributed by atoms with Gasteiger partial charge in [-0.3, -0.25) is 9.69 Å². The summed E-state index contributed by atoms with van der Waals surface area (Å²) in [6, 6.07) is 6.89. The maximum Gasteiger partial charge on any atom is 0.319 e. The minimum atomic E-state index is -1.20. The molecule has 0 radical (unpaired) electrons. The second-order valence-corrected chi connectivity index (χ2v) is 7.90. The molecule has 1 aromatic rings. The summed E-state index contributed by atoms with van der Waals surface area (Å²) in [5.74, 6) is -0.254. The lowest BCUT2D eigenvalue weighted by molar-refractivity contribution is -0.125. The molecule has 3 amide bonds. The first kappa shape index (κ1) is 23.4. The van der Waals surface area contributed by atoms with Crippen LogP contribution in [-0.2, 0) is 14.3 Å². The molecular weight excluding hydrogens is 404 g/mol. The van der Waals surface area contributed by atoms with Crippen molar-refractivity contribution >= 4 is 17.6 Å². The van der Waals surface area contributed by atoms with Crippen molar-refractivity contribution in [3.05, 3.63) is 29.8 Å². The number of aliphatic hydroxyl groups is 2. The van der Waals surface area contributed by atoms with Gasteiger partial charge in [-0.25, -0.2) is 4.79 Å². The maximum absolute atomic E-state index is 12.2. The molecule has 172 valence electrons. The lowest BCUT2D eigenvalue weighted by atomic mass is 10.1. The summed E-state index contributed by atoms with van der Waals surface area (Å²) in [4.78, 5) is 26.4. The number of carbonyl (C=O) groups is 2. The molecule has 2 fully saturated rings. The number of anilines is 1. The summed E-state index contributed by atoms with van der Waals surface area (Å²) in [5.41, 5.74) is 1.72. The van der Waals surface area contributed by atoms with Crippen molar-refractivity contribution in [2.75, 3.05) is 51.3 Å². The van der Waals surface area contributed by atoms with E-state index in [4.69, 9.17) is 9.47 Å². The topological polar surface area (TPSA) is 132 Å². The number of ether oxygens (including phenoxy) is 2. The Labute approximate surface area is 181 Å². The first-order valence-electron chi connectivity index (χ1n) is 10.6. The molecule has 0 saturated carbocycles. The van der Waals surface area contributed by atoms with E-state index in [0.29, 0.717) is 25.4 Å². The average molecular weight is 437 g/mol. The zero-order chi connectivity index (χ0) is 22.2. The van der Waals surface area contributed by atoms with Gasteiger partial charge in [0.1, 0.15) is 18.3 Å². The average Bonchev–Trinajstić information content (AvgIpc) is 3.02. The van der Waals surface area contributed by atoms with Crippen molar-refractivity contribution in [2.45, 2.75) is 37.8 Å². The van der Waals surface area contributed by atoms with E-state index in [1.54, 1.807) is 12.1 Å². The number of carbonyl (C=O) groups excluding carboxylic acids is 2. The molecule has 2 heterocycles. The third-order valence-corrected chi connectivity index (χ3v) is 5.48. The first-order valence-corrected chi connectivity index (χ1v) is 10.6. The quantitative estimate of drug-likeness (QED) is 0.369. The monoisotopic (exact) mass is 436 g/mol. The fourth-order valence-corrected chi connectivity index (χ4v) is 3.60. The largest absolute Gasteiger partial charge is 0.388 e. The molecular formula is C21H32N4O6. The van der Waals surface area contributed by atoms with Crippen LogP contribution in [0.5, 0.6) is 0 Å². The lowest BCUT2D eigenvalue weighted by Crippen LogP contribution is -2.42. The third kappa shape index (κ3) is 7.15. The zero-order valence-electron chi connectivity index (χ0n) is 17.8. The Bertz CT molecular complexity index is 725. The van der Waals surface area contributed by atoms with Crippen LogP contribution in [0, 0.1) is 6.92 Å². The molecule has 2 saturated heterocycles. The molecule has 10 heteroatoms. The minimum absolute atomic E-state index is 0.00503. The Hall–Kier alpha value is -2.24. The number of hydrogen-bond donors (Lipinski definition) is 5. The standard InChI is InChI=1S/C21H32N4O6/c1-14-2-4-15(5-3-14)24-21(29)23-13-17-20(28)19(27)16(31-17)12-18(26)22-6-7-25-8-10-30-11-9-25/h2-5,16-17,19-20,27-28H,6-13H2,1H3,(H,22,26)(H2,23,24,29). The van der Waals surface area contributed by atoms with Gasteiger partial charge in [-0.2, -0.15) is 0 Å². The van der Waals surface area contributed by atoms with Crippen molar-refractivity contribution < 1.29 is 29.3 Å². The second-order valence-electron chi connectivity index (χ2n) is 7.90. The highest BCUT2D eigenvalue weighted by Gasteiger charge is 2.43. The molecule has 3 rings (SSSR count). The van der Waals surface area contributed by atoms with Crippen LogP contribution < -0.4 is 16.0 Å². The summed E-state index contributed by atoms with van der Waals surface area (Å²) in [5, 5.41) is 28.6. The number of nitrogens with zero attached hydrogens (tertiary/aromatic N) is 1. The van der Waals surface area contributed by atoms with Crippen LogP contribution in [0.3, 0.4) is 0 Å². The number of benzene rings is 1. The molecule has 0 aromatic heterocycles. The molecule has 1 aromatic carbocycles. The SMILES string of the molecule is Cc1ccc(NC(=O)NCC2OC(CC(=O)NCCN3CCOCC3)C(O)C2O)cc1. The number of urea groups is 1. The highest BCUT2D eigenvalue weighted by Crippen LogP contribution is 2.23. The van der Waals surface area contributed by atoms with Crippen molar-refractivity contribution in [3.8, 4) is 0 Å². The second kappa shape index (κ2) is 11.4. The van der Waals surface area contributed by atoms with Crippen LogP contribution in [0.15, 0.2) is 24.3 Å². The van der Waals surface area contributed by atoms with Gasteiger partial charge in [0.05, 0.1) is 25.7 Å². The summed E-state index contributed by atoms with van der Waals surface area (Å²) in [6.07, 6.45) is -4.08. The van der Waals surface area contributed by atoms with Gasteiger partial charge >= 0.3 is 6.03 Å². The predicted molar refractivity (Wildman–Crippen MR) is 114 cm³/mol. The van der Waals surface area contributed by atoms with Gasteiger partial charge in [-0.15, -0.1) is 0 Å². The summed E-state index contributed by atoms with van der Waals surface area (Å²) < 4.78 is 10.9. The summed E-state index contributed by atoms with van der Waals surface area (Å²) in [6.45, 7) is 6.28. The van der Waals surface area contributed by atoms with Gasteiger partial charge in [0.15, 0.2) is 0 Å². The van der Waals surface area contributed by atoms with E-state index in [0.717, 1.165) is 25.2 Å². The van der Waals surface area contributed by atoms with Crippen LogP contribution in [0.2, 0.25) is 0 Å². The zero-order valence-corrected chi connectivity index (χ0v) is 17.8. The Morgan fingerprint density at radius 2 is 1.74 bits per heavy atom. The Balaban J connectivity index is 1.36. The van der Waals surface area contributed by atoms with Crippen LogP contribution in [-0.4, -0.2) is 97.4 Å². The number of nitrogens with one attached hydrogen (secondary N) is 3. The summed E-state index contributed by atoms with van der Waals surface area (Å²) in [7, 11) is 0. The van der Waals surface area contributed by atoms with Crippen LogP contribution in [0.1, 0.15) is 12.0 Å². The molecule has 4 atom stereocenters. The van der Waals surface area contributed by atoms with Crippen LogP contribution in [0.25, 0.3) is 0 Å². The van der Waals surface area contributed by atoms with Gasteiger partial charge < -0.3 is 35.6 Å². The number of aryl methyl sites for hydroxylation is 1. The molecule has 2 aliphatic rings. The molecule has 0 aliphatic carbocycles. The number of rotatable bonds is 8. The Kier molecular flexibility index (Phi) is 8.61. The number of morpholine rings is 1. The highest BCUT2D eigenvalue weighted by molar-refractivity contribution is 5.89. The van der Waals surface area contributed by atoms with Crippen molar-refractivity contribution in [1.82, 2.24) is 15.5 Å². The van der Waals surface area contributed by atoms with E-state index in [9.17, 15) is 19.8 Å². The third-order valence-electron chi connectivity index (χ3n) is 5.48. The molecule has 5 N–H and O–H groups in total. The highest BCUT2D eigenvalue weighted by atomic mass is 16.5. The van der Waals surface area contributed by atoms with Gasteiger partial charge in [0, 0.05) is 38.4 Å². The first-order chi connectivity index (χ1) is 14.9. The van der Waals surface area contributed by atoms with E-state index >= 15 is 0 Å². The van der Waals surface area contributed by atoms with E-state index < -0.39 is 30.4 Å².